The number of nitrogens with zero attached hydrogens (tertiary/aromatic N) is 1. The van der Waals surface area contributed by atoms with Gasteiger partial charge in [0.1, 0.15) is 12.4 Å². The molecule has 0 spiro atoms. The van der Waals surface area contributed by atoms with Gasteiger partial charge in [-0.15, -0.1) is 0 Å². The zero-order valence-electron chi connectivity index (χ0n) is 13.0. The van der Waals surface area contributed by atoms with Gasteiger partial charge in [-0.05, 0) is 36.6 Å². The van der Waals surface area contributed by atoms with Gasteiger partial charge in [0.25, 0.3) is 0 Å². The van der Waals surface area contributed by atoms with Gasteiger partial charge in [-0.2, -0.15) is 0 Å². The molecular weight excluding hydrogens is 296 g/mol. The highest BCUT2D eigenvalue weighted by atomic mass is 35.5. The zero-order chi connectivity index (χ0) is 15.7. The molecule has 22 heavy (non-hydrogen) atoms. The first-order valence-electron chi connectivity index (χ1n) is 7.39. The van der Waals surface area contributed by atoms with Crippen molar-refractivity contribution >= 4 is 22.5 Å². The molecule has 0 saturated heterocycles. The third kappa shape index (κ3) is 3.09. The number of aromatic amines is 1. The van der Waals surface area contributed by atoms with Crippen molar-refractivity contribution in [3.63, 3.8) is 0 Å². The van der Waals surface area contributed by atoms with Crippen LogP contribution in [-0.4, -0.2) is 9.97 Å². The molecule has 3 nitrogen and oxygen atoms in total. The lowest BCUT2D eigenvalue weighted by Crippen LogP contribution is -1.98. The molecule has 2 heterocycles. The second-order valence-corrected chi connectivity index (χ2v) is 6.27. The largest absolute Gasteiger partial charge is 0.486 e. The van der Waals surface area contributed by atoms with Crippen molar-refractivity contribution in [1.29, 1.82) is 0 Å². The van der Waals surface area contributed by atoms with Crippen LogP contribution in [0, 0.1) is 6.92 Å². The second kappa shape index (κ2) is 6.01. The van der Waals surface area contributed by atoms with E-state index in [-0.39, 0.29) is 0 Å². The summed E-state index contributed by atoms with van der Waals surface area (Å²) < 4.78 is 5.83. The summed E-state index contributed by atoms with van der Waals surface area (Å²) in [6, 6.07) is 10.0. The van der Waals surface area contributed by atoms with Gasteiger partial charge in [-0.25, -0.2) is 0 Å². The Labute approximate surface area is 135 Å². The first-order valence-corrected chi connectivity index (χ1v) is 7.77. The van der Waals surface area contributed by atoms with Crippen molar-refractivity contribution in [2.45, 2.75) is 33.3 Å². The van der Waals surface area contributed by atoms with E-state index in [1.807, 2.05) is 37.4 Å². The van der Waals surface area contributed by atoms with Crippen molar-refractivity contribution in [3.8, 4) is 5.75 Å². The normalized spacial score (nSPS) is 11.3. The Bertz CT molecular complexity index is 791. The Morgan fingerprint density at radius 2 is 2.05 bits per heavy atom. The van der Waals surface area contributed by atoms with E-state index >= 15 is 0 Å². The first-order chi connectivity index (χ1) is 10.5. The predicted molar refractivity (Wildman–Crippen MR) is 90.7 cm³/mol. The SMILES string of the molecule is Cc1ccc(COc2cc3[nH]c(C(C)C)cc3cc2Cl)nc1. The van der Waals surface area contributed by atoms with Crippen molar-refractivity contribution in [2.24, 2.45) is 0 Å². The summed E-state index contributed by atoms with van der Waals surface area (Å²) in [5.41, 5.74) is 4.26. The standard InChI is InChI=1S/C18H19ClN2O/c1-11(2)16-7-13-6-15(19)18(8-17(13)21-16)22-10-14-5-4-12(3)9-20-14/h4-9,11,21H,10H2,1-3H3. The fraction of sp³-hybridized carbons (Fsp3) is 0.278. The Kier molecular flexibility index (Phi) is 4.08. The number of benzene rings is 1. The van der Waals surface area contributed by atoms with E-state index in [0.717, 1.165) is 22.2 Å². The summed E-state index contributed by atoms with van der Waals surface area (Å²) >= 11 is 6.32. The van der Waals surface area contributed by atoms with E-state index in [1.54, 1.807) is 0 Å². The maximum atomic E-state index is 6.32. The Morgan fingerprint density at radius 3 is 2.73 bits per heavy atom. The average molecular weight is 315 g/mol. The molecule has 114 valence electrons. The number of aryl methyl sites for hydroxylation is 1. The first kappa shape index (κ1) is 14.9. The molecule has 0 bridgehead atoms. The molecule has 0 unspecified atom stereocenters. The minimum atomic E-state index is 0.406. The summed E-state index contributed by atoms with van der Waals surface area (Å²) in [4.78, 5) is 7.75. The quantitative estimate of drug-likeness (QED) is 0.716. The number of aromatic nitrogens is 2. The van der Waals surface area contributed by atoms with Crippen LogP contribution in [-0.2, 0) is 6.61 Å². The number of H-pyrrole nitrogens is 1. The minimum Gasteiger partial charge on any atom is -0.486 e. The molecule has 0 radical (unpaired) electrons. The number of pyridine rings is 1. The van der Waals surface area contributed by atoms with Crippen LogP contribution in [0.4, 0.5) is 0 Å². The lowest BCUT2D eigenvalue weighted by atomic mass is 10.1. The second-order valence-electron chi connectivity index (χ2n) is 5.86. The Morgan fingerprint density at radius 1 is 1.23 bits per heavy atom. The molecule has 3 aromatic rings. The van der Waals surface area contributed by atoms with E-state index in [0.29, 0.717) is 23.3 Å². The molecule has 1 N–H and O–H groups in total. The maximum Gasteiger partial charge on any atom is 0.140 e. The van der Waals surface area contributed by atoms with Gasteiger partial charge >= 0.3 is 0 Å². The predicted octanol–water partition coefficient (Wildman–Crippen LogP) is 5.23. The van der Waals surface area contributed by atoms with Crippen LogP contribution >= 0.6 is 11.6 Å². The summed E-state index contributed by atoms with van der Waals surface area (Å²) in [7, 11) is 0. The number of halogens is 1. The lowest BCUT2D eigenvalue weighted by molar-refractivity contribution is 0.302. The van der Waals surface area contributed by atoms with Gasteiger partial charge in [-0.3, -0.25) is 4.98 Å². The molecule has 0 amide bonds. The number of rotatable bonds is 4. The van der Waals surface area contributed by atoms with Crippen LogP contribution in [0.25, 0.3) is 10.9 Å². The van der Waals surface area contributed by atoms with Crippen LogP contribution < -0.4 is 4.74 Å². The number of nitrogens with one attached hydrogen (secondary N) is 1. The highest BCUT2D eigenvalue weighted by molar-refractivity contribution is 6.32. The van der Waals surface area contributed by atoms with Crippen LogP contribution in [0.1, 0.15) is 36.7 Å². The fourth-order valence-electron chi connectivity index (χ4n) is 2.31. The van der Waals surface area contributed by atoms with Crippen molar-refractivity contribution in [3.05, 3.63) is 58.5 Å². The van der Waals surface area contributed by atoms with Crippen molar-refractivity contribution < 1.29 is 4.74 Å². The zero-order valence-corrected chi connectivity index (χ0v) is 13.7. The highest BCUT2D eigenvalue weighted by Gasteiger charge is 2.09. The summed E-state index contributed by atoms with van der Waals surface area (Å²) in [6.07, 6.45) is 1.84. The van der Waals surface area contributed by atoms with Gasteiger partial charge in [0.15, 0.2) is 0 Å². The Hall–Kier alpha value is -2.00. The lowest BCUT2D eigenvalue weighted by Gasteiger charge is -2.08. The molecule has 4 heteroatoms. The van der Waals surface area contributed by atoms with Crippen LogP contribution in [0.3, 0.4) is 0 Å². The highest BCUT2D eigenvalue weighted by Crippen LogP contribution is 2.32. The summed E-state index contributed by atoms with van der Waals surface area (Å²) in [5, 5.41) is 1.73. The van der Waals surface area contributed by atoms with Gasteiger partial charge < -0.3 is 9.72 Å². The molecule has 2 aromatic heterocycles. The monoisotopic (exact) mass is 314 g/mol. The number of hydrogen-bond donors (Lipinski definition) is 1. The summed E-state index contributed by atoms with van der Waals surface area (Å²) in [5.74, 6) is 1.13. The number of ether oxygens (including phenoxy) is 1. The fourth-order valence-corrected chi connectivity index (χ4v) is 2.54. The van der Waals surface area contributed by atoms with Gasteiger partial charge in [-0.1, -0.05) is 31.5 Å². The molecule has 0 aliphatic heterocycles. The molecule has 3 rings (SSSR count). The minimum absolute atomic E-state index is 0.406. The van der Waals surface area contributed by atoms with Crippen LogP contribution in [0.2, 0.25) is 5.02 Å². The van der Waals surface area contributed by atoms with E-state index in [1.165, 1.54) is 5.69 Å². The number of hydrogen-bond acceptors (Lipinski definition) is 2. The molecule has 0 saturated carbocycles. The molecular formula is C18H19ClN2O. The maximum absolute atomic E-state index is 6.32. The van der Waals surface area contributed by atoms with Gasteiger partial charge in [0.2, 0.25) is 0 Å². The van der Waals surface area contributed by atoms with Crippen molar-refractivity contribution in [2.75, 3.05) is 0 Å². The van der Waals surface area contributed by atoms with E-state index in [2.05, 4.69) is 29.9 Å². The average Bonchev–Trinajstić information content (AvgIpc) is 2.89. The van der Waals surface area contributed by atoms with E-state index in [4.69, 9.17) is 16.3 Å². The topological polar surface area (TPSA) is 37.9 Å². The van der Waals surface area contributed by atoms with Crippen LogP contribution in [0.5, 0.6) is 5.75 Å². The van der Waals surface area contributed by atoms with Crippen LogP contribution in [0.15, 0.2) is 36.5 Å². The van der Waals surface area contributed by atoms with Gasteiger partial charge in [0, 0.05) is 28.9 Å². The van der Waals surface area contributed by atoms with E-state index < -0.39 is 0 Å². The third-order valence-corrected chi connectivity index (χ3v) is 3.96. The molecule has 0 aliphatic rings. The molecule has 1 aromatic carbocycles. The molecule has 0 aliphatic carbocycles. The molecule has 0 fully saturated rings. The summed E-state index contributed by atoms with van der Waals surface area (Å²) in [6.45, 7) is 6.74. The molecule has 0 atom stereocenters. The van der Waals surface area contributed by atoms with Crippen molar-refractivity contribution in [1.82, 2.24) is 9.97 Å². The number of fused-ring (bicyclic) bond motifs is 1. The third-order valence-electron chi connectivity index (χ3n) is 3.66. The smallest absolute Gasteiger partial charge is 0.140 e. The van der Waals surface area contributed by atoms with Gasteiger partial charge in [0.05, 0.1) is 10.7 Å². The Balaban J connectivity index is 1.83. The van der Waals surface area contributed by atoms with E-state index in [9.17, 15) is 0 Å².